The summed E-state index contributed by atoms with van der Waals surface area (Å²) >= 11 is 0. The molecule has 1 aliphatic rings. The van der Waals surface area contributed by atoms with E-state index in [-0.39, 0.29) is 24.7 Å². The van der Waals surface area contributed by atoms with Crippen molar-refractivity contribution in [2.45, 2.75) is 45.3 Å². The van der Waals surface area contributed by atoms with E-state index >= 15 is 0 Å². The maximum atomic E-state index is 13.5. The number of rotatable bonds is 4. The lowest BCUT2D eigenvalue weighted by Crippen LogP contribution is -2.42. The quantitative estimate of drug-likeness (QED) is 0.578. The summed E-state index contributed by atoms with van der Waals surface area (Å²) in [4.78, 5) is 55.1. The van der Waals surface area contributed by atoms with Gasteiger partial charge in [0, 0.05) is 27.2 Å². The number of fused-ring (bicyclic) bond motifs is 1. The molecule has 10 nitrogen and oxygen atoms in total. The van der Waals surface area contributed by atoms with E-state index in [1.165, 1.54) is 30.8 Å². The molecule has 0 spiro atoms. The van der Waals surface area contributed by atoms with Gasteiger partial charge in [-0.3, -0.25) is 23.7 Å². The maximum Gasteiger partial charge on any atom is 0.311 e. The summed E-state index contributed by atoms with van der Waals surface area (Å²) in [5.41, 5.74) is -0.245. The van der Waals surface area contributed by atoms with Gasteiger partial charge in [0.05, 0.1) is 6.04 Å². The third-order valence-electron chi connectivity index (χ3n) is 5.41. The molecule has 1 unspecified atom stereocenters. The van der Waals surface area contributed by atoms with Crippen LogP contribution < -0.4 is 16.2 Å². The standard InChI is InChI=1S/C22H26FN5O5/c1-12-10-13(7-8-14(12)23)11-24-19(30)16-17(29)21(32)28-9-5-4-6-15(18(28)26-16)25-20(31)22(33)27(2)3/h7-8,10,15,29H,4-6,9,11H2,1-3H3,(H,24,30)(H,25,31). The molecule has 176 valence electrons. The van der Waals surface area contributed by atoms with E-state index in [1.54, 1.807) is 13.0 Å². The monoisotopic (exact) mass is 459 g/mol. The van der Waals surface area contributed by atoms with E-state index in [4.69, 9.17) is 0 Å². The summed E-state index contributed by atoms with van der Waals surface area (Å²) < 4.78 is 14.7. The van der Waals surface area contributed by atoms with Gasteiger partial charge in [0.2, 0.25) is 5.75 Å². The SMILES string of the molecule is Cc1cc(CNC(=O)c2nc3n(c(=O)c2O)CCCCC3NC(=O)C(=O)N(C)C)ccc1F. The number of benzene rings is 1. The van der Waals surface area contributed by atoms with Crippen molar-refractivity contribution in [3.63, 3.8) is 0 Å². The fraction of sp³-hybridized carbons (Fsp3) is 0.409. The number of halogens is 1. The highest BCUT2D eigenvalue weighted by Gasteiger charge is 2.29. The highest BCUT2D eigenvalue weighted by Crippen LogP contribution is 2.24. The van der Waals surface area contributed by atoms with Crippen LogP contribution >= 0.6 is 0 Å². The van der Waals surface area contributed by atoms with E-state index in [9.17, 15) is 28.7 Å². The van der Waals surface area contributed by atoms with Crippen LogP contribution in [0.15, 0.2) is 23.0 Å². The number of hydrogen-bond donors (Lipinski definition) is 3. The van der Waals surface area contributed by atoms with Gasteiger partial charge in [-0.15, -0.1) is 0 Å². The smallest absolute Gasteiger partial charge is 0.311 e. The molecular weight excluding hydrogens is 433 g/mol. The first-order chi connectivity index (χ1) is 15.6. The molecule has 3 rings (SSSR count). The van der Waals surface area contributed by atoms with Gasteiger partial charge in [0.1, 0.15) is 11.6 Å². The Kier molecular flexibility index (Phi) is 7.10. The molecule has 11 heteroatoms. The summed E-state index contributed by atoms with van der Waals surface area (Å²) in [6.07, 6.45) is 1.63. The van der Waals surface area contributed by atoms with Crippen LogP contribution in [0.1, 0.15) is 52.7 Å². The van der Waals surface area contributed by atoms with Crippen molar-refractivity contribution in [3.8, 4) is 5.75 Å². The van der Waals surface area contributed by atoms with E-state index in [1.807, 2.05) is 0 Å². The largest absolute Gasteiger partial charge is 0.501 e. The Labute approximate surface area is 189 Å². The molecule has 0 saturated carbocycles. The topological polar surface area (TPSA) is 134 Å². The number of hydrogen-bond acceptors (Lipinski definition) is 6. The third-order valence-corrected chi connectivity index (χ3v) is 5.41. The van der Waals surface area contributed by atoms with Crippen molar-refractivity contribution in [1.82, 2.24) is 25.1 Å². The highest BCUT2D eigenvalue weighted by molar-refractivity contribution is 6.34. The van der Waals surface area contributed by atoms with Crippen LogP contribution in [0.2, 0.25) is 0 Å². The number of aromatic nitrogens is 2. The molecular formula is C22H26FN5O5. The van der Waals surface area contributed by atoms with E-state index in [0.717, 1.165) is 4.90 Å². The van der Waals surface area contributed by atoms with Crippen LogP contribution in [0.25, 0.3) is 0 Å². The molecule has 2 heterocycles. The molecule has 0 fully saturated rings. The summed E-state index contributed by atoms with van der Waals surface area (Å²) in [6.45, 7) is 1.87. The first-order valence-electron chi connectivity index (χ1n) is 10.5. The Morgan fingerprint density at radius 1 is 1.27 bits per heavy atom. The van der Waals surface area contributed by atoms with Gasteiger partial charge in [0.15, 0.2) is 5.69 Å². The molecule has 1 atom stereocenters. The Bertz CT molecular complexity index is 1160. The second kappa shape index (κ2) is 9.80. The molecule has 1 aliphatic heterocycles. The van der Waals surface area contributed by atoms with Crippen molar-refractivity contribution < 1.29 is 23.9 Å². The molecule has 1 aromatic carbocycles. The zero-order valence-electron chi connectivity index (χ0n) is 18.6. The van der Waals surface area contributed by atoms with E-state index < -0.39 is 40.8 Å². The number of carbonyl (C=O) groups is 3. The predicted octanol–water partition coefficient (Wildman–Crippen LogP) is 0.756. The van der Waals surface area contributed by atoms with Gasteiger partial charge in [-0.05, 0) is 43.4 Å². The molecule has 0 aliphatic carbocycles. The first-order valence-corrected chi connectivity index (χ1v) is 10.5. The van der Waals surface area contributed by atoms with Crippen LogP contribution in [0.5, 0.6) is 5.75 Å². The number of aromatic hydroxyl groups is 1. The van der Waals surface area contributed by atoms with Gasteiger partial charge in [-0.25, -0.2) is 9.37 Å². The lowest BCUT2D eigenvalue weighted by atomic mass is 10.1. The molecule has 0 saturated heterocycles. The number of amides is 3. The van der Waals surface area contributed by atoms with Gasteiger partial charge in [-0.1, -0.05) is 12.1 Å². The molecule has 2 aromatic rings. The highest BCUT2D eigenvalue weighted by atomic mass is 19.1. The number of nitrogens with one attached hydrogen (secondary N) is 2. The maximum absolute atomic E-state index is 13.5. The lowest BCUT2D eigenvalue weighted by Gasteiger charge is -2.20. The number of carbonyl (C=O) groups excluding carboxylic acids is 3. The normalized spacial score (nSPS) is 15.2. The summed E-state index contributed by atoms with van der Waals surface area (Å²) in [7, 11) is 2.88. The van der Waals surface area contributed by atoms with Crippen LogP contribution in [0.3, 0.4) is 0 Å². The molecule has 1 aromatic heterocycles. The zero-order chi connectivity index (χ0) is 24.3. The zero-order valence-corrected chi connectivity index (χ0v) is 18.6. The number of likely N-dealkylation sites (N-methyl/N-ethyl adjacent to an activating group) is 1. The molecule has 0 radical (unpaired) electrons. The Morgan fingerprint density at radius 2 is 2.00 bits per heavy atom. The summed E-state index contributed by atoms with van der Waals surface area (Å²) in [5.74, 6) is -3.50. The van der Waals surface area contributed by atoms with Crippen LogP contribution in [-0.2, 0) is 22.7 Å². The summed E-state index contributed by atoms with van der Waals surface area (Å²) in [6, 6.07) is 3.57. The Balaban J connectivity index is 1.90. The molecule has 33 heavy (non-hydrogen) atoms. The second-order valence-electron chi connectivity index (χ2n) is 8.11. The van der Waals surface area contributed by atoms with Crippen molar-refractivity contribution in [3.05, 3.63) is 57.0 Å². The van der Waals surface area contributed by atoms with Gasteiger partial charge < -0.3 is 20.6 Å². The minimum atomic E-state index is -0.863. The second-order valence-corrected chi connectivity index (χ2v) is 8.11. The predicted molar refractivity (Wildman–Crippen MR) is 116 cm³/mol. The fourth-order valence-corrected chi connectivity index (χ4v) is 3.59. The van der Waals surface area contributed by atoms with Crippen molar-refractivity contribution in [2.24, 2.45) is 0 Å². The van der Waals surface area contributed by atoms with Crippen molar-refractivity contribution >= 4 is 17.7 Å². The van der Waals surface area contributed by atoms with Gasteiger partial charge in [-0.2, -0.15) is 0 Å². The number of nitrogens with zero attached hydrogens (tertiary/aromatic N) is 3. The van der Waals surface area contributed by atoms with Crippen molar-refractivity contribution in [2.75, 3.05) is 14.1 Å². The third kappa shape index (κ3) is 5.18. The fourth-order valence-electron chi connectivity index (χ4n) is 3.59. The van der Waals surface area contributed by atoms with Gasteiger partial charge >= 0.3 is 11.8 Å². The lowest BCUT2D eigenvalue weighted by molar-refractivity contribution is -0.144. The summed E-state index contributed by atoms with van der Waals surface area (Å²) in [5, 5.41) is 15.5. The van der Waals surface area contributed by atoms with E-state index in [2.05, 4.69) is 15.6 Å². The van der Waals surface area contributed by atoms with Gasteiger partial charge in [0.25, 0.3) is 11.5 Å². The Morgan fingerprint density at radius 3 is 2.67 bits per heavy atom. The average Bonchev–Trinajstić information content (AvgIpc) is 2.98. The van der Waals surface area contributed by atoms with E-state index in [0.29, 0.717) is 30.4 Å². The first kappa shape index (κ1) is 23.9. The minimum absolute atomic E-state index is 0.0248. The molecule has 3 amide bonds. The molecule has 3 N–H and O–H groups in total. The molecule has 0 bridgehead atoms. The van der Waals surface area contributed by atoms with Crippen molar-refractivity contribution in [1.29, 1.82) is 0 Å². The van der Waals surface area contributed by atoms with Crippen LogP contribution in [0, 0.1) is 12.7 Å². The van der Waals surface area contributed by atoms with Crippen LogP contribution in [-0.4, -0.2) is 51.4 Å². The number of aryl methyl sites for hydroxylation is 1. The Hall–Kier alpha value is -3.76. The average molecular weight is 459 g/mol. The van der Waals surface area contributed by atoms with Crippen LogP contribution in [0.4, 0.5) is 4.39 Å². The minimum Gasteiger partial charge on any atom is -0.501 e.